The van der Waals surface area contributed by atoms with E-state index in [0.717, 1.165) is 16.5 Å². The molecular formula is C30H26N3+. The van der Waals surface area contributed by atoms with E-state index in [9.17, 15) is 5.26 Å². The third-order valence-corrected chi connectivity index (χ3v) is 8.07. The second-order valence-electron chi connectivity index (χ2n) is 9.91. The van der Waals surface area contributed by atoms with Crippen LogP contribution in [0.15, 0.2) is 54.7 Å². The van der Waals surface area contributed by atoms with Gasteiger partial charge in [-0.25, -0.2) is 4.57 Å². The molecule has 3 nitrogen and oxygen atoms in total. The van der Waals surface area contributed by atoms with E-state index >= 15 is 0 Å². The lowest BCUT2D eigenvalue weighted by Crippen LogP contribution is -2.29. The third kappa shape index (κ3) is 2.41. The van der Waals surface area contributed by atoms with Gasteiger partial charge in [0.25, 0.3) is 0 Å². The highest BCUT2D eigenvalue weighted by molar-refractivity contribution is 6.26. The van der Waals surface area contributed by atoms with E-state index in [0.29, 0.717) is 5.92 Å². The van der Waals surface area contributed by atoms with Crippen LogP contribution in [0.2, 0.25) is 0 Å². The zero-order valence-corrected chi connectivity index (χ0v) is 19.2. The van der Waals surface area contributed by atoms with Crippen LogP contribution in [0.1, 0.15) is 54.7 Å². The molecule has 1 aliphatic rings. The molecule has 0 bridgehead atoms. The smallest absolute Gasteiger partial charge is 0.224 e. The fourth-order valence-corrected chi connectivity index (χ4v) is 6.55. The van der Waals surface area contributed by atoms with Crippen LogP contribution in [0.3, 0.4) is 0 Å². The molecule has 1 fully saturated rings. The Kier molecular flexibility index (Phi) is 3.82. The molecule has 3 aromatic carbocycles. The Bertz CT molecular complexity index is 1770. The highest BCUT2D eigenvalue weighted by atomic mass is 15.0. The average molecular weight is 429 g/mol. The summed E-state index contributed by atoms with van der Waals surface area (Å²) >= 11 is 0. The van der Waals surface area contributed by atoms with Gasteiger partial charge in [-0.1, -0.05) is 43.5 Å². The summed E-state index contributed by atoms with van der Waals surface area (Å²) in [7, 11) is 2.16. The summed E-state index contributed by atoms with van der Waals surface area (Å²) < 4.78 is 4.73. The maximum Gasteiger partial charge on any atom is 0.224 e. The number of hydrogen-bond acceptors (Lipinski definition) is 1. The lowest BCUT2D eigenvalue weighted by atomic mass is 9.83. The molecule has 3 heteroatoms. The van der Waals surface area contributed by atoms with Crippen molar-refractivity contribution in [3.63, 3.8) is 0 Å². The van der Waals surface area contributed by atoms with E-state index in [-0.39, 0.29) is 0 Å². The minimum absolute atomic E-state index is 0.641. The molecule has 7 rings (SSSR count). The summed E-state index contributed by atoms with van der Waals surface area (Å²) in [5.41, 5.74) is 8.43. The van der Waals surface area contributed by atoms with E-state index < -0.39 is 0 Å². The van der Waals surface area contributed by atoms with Crippen molar-refractivity contribution in [1.29, 1.82) is 5.26 Å². The zero-order chi connectivity index (χ0) is 22.3. The van der Waals surface area contributed by atoms with E-state index in [1.807, 2.05) is 12.1 Å². The predicted molar refractivity (Wildman–Crippen MR) is 135 cm³/mol. The summed E-state index contributed by atoms with van der Waals surface area (Å²) in [6.45, 7) is 2.21. The second kappa shape index (κ2) is 6.68. The Hall–Kier alpha value is -3.64. The van der Waals surface area contributed by atoms with Gasteiger partial charge in [-0.05, 0) is 60.4 Å². The van der Waals surface area contributed by atoms with E-state index in [1.54, 1.807) is 0 Å². The van der Waals surface area contributed by atoms with Gasteiger partial charge in [0.1, 0.15) is 7.05 Å². The monoisotopic (exact) mass is 428 g/mol. The van der Waals surface area contributed by atoms with Gasteiger partial charge < -0.3 is 4.40 Å². The fourth-order valence-electron chi connectivity index (χ4n) is 6.55. The largest absolute Gasteiger partial charge is 0.307 e. The van der Waals surface area contributed by atoms with Gasteiger partial charge in [-0.15, -0.1) is 0 Å². The lowest BCUT2D eigenvalue weighted by molar-refractivity contribution is -0.643. The van der Waals surface area contributed by atoms with Crippen molar-refractivity contribution < 1.29 is 4.57 Å². The molecule has 6 aromatic rings. The van der Waals surface area contributed by atoms with Gasteiger partial charge in [0.15, 0.2) is 6.20 Å². The predicted octanol–water partition coefficient (Wildman–Crippen LogP) is 7.04. The molecule has 0 unspecified atom stereocenters. The number of pyridine rings is 2. The minimum atomic E-state index is 0.641. The van der Waals surface area contributed by atoms with Crippen LogP contribution < -0.4 is 4.57 Å². The molecule has 0 atom stereocenters. The Labute approximate surface area is 192 Å². The Morgan fingerprint density at radius 2 is 1.79 bits per heavy atom. The molecule has 0 spiro atoms. The van der Waals surface area contributed by atoms with Crippen LogP contribution >= 0.6 is 0 Å². The van der Waals surface area contributed by atoms with Gasteiger partial charge in [0.2, 0.25) is 5.52 Å². The van der Waals surface area contributed by atoms with Crippen LogP contribution in [-0.4, -0.2) is 4.40 Å². The van der Waals surface area contributed by atoms with E-state index in [4.69, 9.17) is 0 Å². The minimum Gasteiger partial charge on any atom is -0.307 e. The molecule has 1 saturated carbocycles. The van der Waals surface area contributed by atoms with Crippen LogP contribution in [0.25, 0.3) is 49.0 Å². The lowest BCUT2D eigenvalue weighted by Gasteiger charge is -2.23. The molecule has 0 N–H and O–H groups in total. The molecule has 160 valence electrons. The van der Waals surface area contributed by atoms with Gasteiger partial charge in [0.05, 0.1) is 39.0 Å². The standard InChI is InChI=1S/C30H26N3/c1-18-11-12-23-27-21(17-31)9-6-10-24(27)33-25-16-22(19-7-4-3-5-8-19)15-20-13-14-32(2)30(28(20)25)26(18)29(23)33/h6,9-16,19H,3-5,7-8H2,1-2H3/q+1. The fraction of sp³-hybridized carbons (Fsp3) is 0.267. The van der Waals surface area contributed by atoms with E-state index in [2.05, 4.69) is 71.6 Å². The number of aromatic nitrogens is 2. The maximum absolute atomic E-state index is 9.94. The van der Waals surface area contributed by atoms with Crippen LogP contribution in [-0.2, 0) is 7.05 Å². The molecule has 33 heavy (non-hydrogen) atoms. The van der Waals surface area contributed by atoms with Crippen molar-refractivity contribution in [2.45, 2.75) is 44.9 Å². The first-order chi connectivity index (χ1) is 16.2. The topological polar surface area (TPSA) is 32.1 Å². The first-order valence-electron chi connectivity index (χ1n) is 12.1. The summed E-state index contributed by atoms with van der Waals surface area (Å²) in [4.78, 5) is 0. The summed E-state index contributed by atoms with van der Waals surface area (Å²) in [6.07, 6.45) is 8.81. The third-order valence-electron chi connectivity index (χ3n) is 8.07. The second-order valence-corrected chi connectivity index (χ2v) is 9.91. The molecule has 0 aliphatic heterocycles. The average Bonchev–Trinajstić information content (AvgIpc) is 3.20. The van der Waals surface area contributed by atoms with Crippen LogP contribution in [0, 0.1) is 18.3 Å². The van der Waals surface area contributed by atoms with Crippen molar-refractivity contribution in [2.24, 2.45) is 7.05 Å². The number of aryl methyl sites for hydroxylation is 2. The Morgan fingerprint density at radius 3 is 2.61 bits per heavy atom. The Balaban J connectivity index is 1.80. The van der Waals surface area contributed by atoms with E-state index in [1.165, 1.54) is 81.3 Å². The summed E-state index contributed by atoms with van der Waals surface area (Å²) in [6, 6.07) is 20.2. The van der Waals surface area contributed by atoms with Crippen molar-refractivity contribution in [2.75, 3.05) is 0 Å². The van der Waals surface area contributed by atoms with Crippen molar-refractivity contribution in [3.8, 4) is 6.07 Å². The van der Waals surface area contributed by atoms with Crippen molar-refractivity contribution in [3.05, 3.63) is 71.4 Å². The van der Waals surface area contributed by atoms with Gasteiger partial charge >= 0.3 is 0 Å². The molecule has 0 amide bonds. The maximum atomic E-state index is 9.94. The van der Waals surface area contributed by atoms with Gasteiger partial charge in [-0.3, -0.25) is 0 Å². The number of nitriles is 1. The van der Waals surface area contributed by atoms with Gasteiger partial charge in [-0.2, -0.15) is 5.26 Å². The number of rotatable bonds is 1. The molecular weight excluding hydrogens is 402 g/mol. The van der Waals surface area contributed by atoms with Crippen LogP contribution in [0.5, 0.6) is 0 Å². The first kappa shape index (κ1) is 18.9. The normalized spacial score (nSPS) is 15.4. The molecule has 0 saturated heterocycles. The van der Waals surface area contributed by atoms with Crippen molar-refractivity contribution in [1.82, 2.24) is 4.40 Å². The quantitative estimate of drug-likeness (QED) is 0.157. The first-order valence-corrected chi connectivity index (χ1v) is 12.1. The molecule has 1 aliphatic carbocycles. The molecule has 3 aromatic heterocycles. The number of hydrogen-bond donors (Lipinski definition) is 0. The number of fused-ring (bicyclic) bond motifs is 5. The summed E-state index contributed by atoms with van der Waals surface area (Å²) in [5, 5.41) is 16.1. The number of benzene rings is 3. The van der Waals surface area contributed by atoms with Crippen LogP contribution in [0.4, 0.5) is 0 Å². The highest BCUT2D eigenvalue weighted by Gasteiger charge is 2.26. The van der Waals surface area contributed by atoms with Crippen molar-refractivity contribution >= 4 is 49.0 Å². The Morgan fingerprint density at radius 1 is 0.939 bits per heavy atom. The van der Waals surface area contributed by atoms with Gasteiger partial charge in [0, 0.05) is 16.8 Å². The number of nitrogens with zero attached hydrogens (tertiary/aromatic N) is 3. The molecule has 3 heterocycles. The zero-order valence-electron chi connectivity index (χ0n) is 19.2. The molecule has 0 radical (unpaired) electrons. The summed E-state index contributed by atoms with van der Waals surface area (Å²) in [5.74, 6) is 0.641. The SMILES string of the molecule is Cc1ccc2c3c(C#N)cccc3n3c4cc(C5CCCCC5)cc5cc[n+](C)c(c1c23)c54. The highest BCUT2D eigenvalue weighted by Crippen LogP contribution is 2.43.